The molecule has 0 spiro atoms. The van der Waals surface area contributed by atoms with Gasteiger partial charge in [0.2, 0.25) is 0 Å². The van der Waals surface area contributed by atoms with Crippen LogP contribution in [0.2, 0.25) is 0 Å². The van der Waals surface area contributed by atoms with Crippen LogP contribution < -0.4 is 5.32 Å². The predicted octanol–water partition coefficient (Wildman–Crippen LogP) is 3.21. The van der Waals surface area contributed by atoms with Crippen LogP contribution in [0, 0.1) is 0 Å². The van der Waals surface area contributed by atoms with Crippen LogP contribution in [0.25, 0.3) is 0 Å². The first-order valence-corrected chi connectivity index (χ1v) is 7.18. The van der Waals surface area contributed by atoms with Gasteiger partial charge in [0.25, 0.3) is 0 Å². The van der Waals surface area contributed by atoms with Gasteiger partial charge in [-0.05, 0) is 23.4 Å². The van der Waals surface area contributed by atoms with E-state index in [1.165, 1.54) is 6.07 Å². The lowest BCUT2D eigenvalue weighted by atomic mass is 10.1. The molecule has 0 amide bonds. The normalized spacial score (nSPS) is 19.0. The number of thioether (sulfide) groups is 1. The highest BCUT2D eigenvalue weighted by molar-refractivity contribution is 8.00. The maximum absolute atomic E-state index is 13.4. The Hall–Kier alpha value is -0.790. The molecule has 1 N–H and O–H groups in total. The lowest BCUT2D eigenvalue weighted by molar-refractivity contribution is -0.0328. The van der Waals surface area contributed by atoms with E-state index in [9.17, 15) is 17.6 Å². The summed E-state index contributed by atoms with van der Waals surface area (Å²) in [5.41, 5.74) is -3.94. The van der Waals surface area contributed by atoms with E-state index in [0.29, 0.717) is 18.7 Å². The minimum Gasteiger partial charge on any atom is -0.314 e. The molecule has 0 aromatic heterocycles. The van der Waals surface area contributed by atoms with Gasteiger partial charge in [0.1, 0.15) is 6.67 Å². The summed E-state index contributed by atoms with van der Waals surface area (Å²) in [6.07, 6.45) is 0. The Kier molecular flexibility index (Phi) is 5.29. The monoisotopic (exact) mass is 308 g/mol. The summed E-state index contributed by atoms with van der Waals surface area (Å²) < 4.78 is 51.1. The van der Waals surface area contributed by atoms with Gasteiger partial charge in [-0.15, -0.1) is 0 Å². The summed E-state index contributed by atoms with van der Waals surface area (Å²) in [6, 6.07) is 5.58. The third kappa shape index (κ3) is 4.10. The standard InChI is InChI=1S/C13H16F4N2S/c14-9-11(19-7-5-18-6-8-19)10-3-1-2-4-12(10)20-13(15,16)17/h1-4,11,18H,5-9H2/t11-/m0/s1. The fourth-order valence-corrected chi connectivity index (χ4v) is 3.06. The molecule has 0 radical (unpaired) electrons. The van der Waals surface area contributed by atoms with E-state index in [-0.39, 0.29) is 16.7 Å². The summed E-state index contributed by atoms with van der Waals surface area (Å²) in [6.45, 7) is 2.05. The van der Waals surface area contributed by atoms with Crippen LogP contribution in [-0.2, 0) is 0 Å². The molecule has 1 fully saturated rings. The SMILES string of the molecule is FC[C@@H](c1ccccc1SC(F)(F)F)N1CCNCC1. The topological polar surface area (TPSA) is 15.3 Å². The van der Waals surface area contributed by atoms with Crippen LogP contribution in [0.5, 0.6) is 0 Å². The molecule has 0 unspecified atom stereocenters. The summed E-state index contributed by atoms with van der Waals surface area (Å²) in [7, 11) is 0. The highest BCUT2D eigenvalue weighted by Crippen LogP contribution is 2.41. The molecule has 1 saturated heterocycles. The zero-order valence-electron chi connectivity index (χ0n) is 10.8. The number of piperazine rings is 1. The van der Waals surface area contributed by atoms with E-state index in [1.54, 1.807) is 18.2 Å². The lowest BCUT2D eigenvalue weighted by Crippen LogP contribution is -2.45. The second kappa shape index (κ2) is 6.78. The highest BCUT2D eigenvalue weighted by Gasteiger charge is 2.32. The van der Waals surface area contributed by atoms with Crippen molar-refractivity contribution < 1.29 is 17.6 Å². The Morgan fingerprint density at radius 2 is 1.85 bits per heavy atom. The van der Waals surface area contributed by atoms with Crippen LogP contribution in [0.1, 0.15) is 11.6 Å². The van der Waals surface area contributed by atoms with Gasteiger partial charge in [0.15, 0.2) is 0 Å². The molecule has 2 rings (SSSR count). The van der Waals surface area contributed by atoms with Gasteiger partial charge < -0.3 is 5.32 Å². The number of nitrogens with one attached hydrogen (secondary N) is 1. The van der Waals surface area contributed by atoms with Crippen LogP contribution in [0.3, 0.4) is 0 Å². The molecule has 1 aromatic carbocycles. The molecule has 20 heavy (non-hydrogen) atoms. The van der Waals surface area contributed by atoms with Crippen LogP contribution >= 0.6 is 11.8 Å². The maximum Gasteiger partial charge on any atom is 0.446 e. The van der Waals surface area contributed by atoms with Crippen LogP contribution in [0.4, 0.5) is 17.6 Å². The van der Waals surface area contributed by atoms with Gasteiger partial charge >= 0.3 is 5.51 Å². The van der Waals surface area contributed by atoms with Crippen molar-refractivity contribution in [3.05, 3.63) is 29.8 Å². The number of hydrogen-bond acceptors (Lipinski definition) is 3. The molecule has 0 aliphatic carbocycles. The maximum atomic E-state index is 13.4. The van der Waals surface area contributed by atoms with E-state index in [1.807, 2.05) is 4.90 Å². The molecule has 1 aromatic rings. The minimum atomic E-state index is -4.36. The molecule has 1 atom stereocenters. The first-order valence-electron chi connectivity index (χ1n) is 6.36. The number of alkyl halides is 4. The molecule has 1 aliphatic rings. The van der Waals surface area contributed by atoms with Crippen molar-refractivity contribution >= 4 is 11.8 Å². The molecule has 1 aliphatic heterocycles. The van der Waals surface area contributed by atoms with Crippen LogP contribution in [-0.4, -0.2) is 43.3 Å². The fourth-order valence-electron chi connectivity index (χ4n) is 2.34. The Morgan fingerprint density at radius 1 is 1.20 bits per heavy atom. The van der Waals surface area contributed by atoms with Crippen molar-refractivity contribution in [1.29, 1.82) is 0 Å². The quantitative estimate of drug-likeness (QED) is 0.679. The van der Waals surface area contributed by atoms with Crippen molar-refractivity contribution in [2.24, 2.45) is 0 Å². The van der Waals surface area contributed by atoms with E-state index in [0.717, 1.165) is 13.1 Å². The molecule has 0 bridgehead atoms. The third-order valence-electron chi connectivity index (χ3n) is 3.24. The summed E-state index contributed by atoms with van der Waals surface area (Å²) in [5, 5.41) is 3.15. The number of nitrogens with zero attached hydrogens (tertiary/aromatic N) is 1. The Morgan fingerprint density at radius 3 is 2.45 bits per heavy atom. The van der Waals surface area contributed by atoms with Gasteiger partial charge in [0, 0.05) is 31.1 Å². The Labute approximate surface area is 119 Å². The summed E-state index contributed by atoms with van der Waals surface area (Å²) >= 11 is -0.174. The van der Waals surface area contributed by atoms with Crippen molar-refractivity contribution in [3.8, 4) is 0 Å². The molecular weight excluding hydrogens is 292 g/mol. The minimum absolute atomic E-state index is 0.0844. The fraction of sp³-hybridized carbons (Fsp3) is 0.538. The Balaban J connectivity index is 2.24. The van der Waals surface area contributed by atoms with E-state index in [2.05, 4.69) is 5.32 Å². The second-order valence-corrected chi connectivity index (χ2v) is 5.65. The molecule has 2 nitrogen and oxygen atoms in total. The molecule has 7 heteroatoms. The number of halogens is 4. The van der Waals surface area contributed by atoms with E-state index >= 15 is 0 Å². The van der Waals surface area contributed by atoms with E-state index < -0.39 is 18.2 Å². The van der Waals surface area contributed by atoms with Gasteiger partial charge in [-0.25, -0.2) is 4.39 Å². The van der Waals surface area contributed by atoms with Gasteiger partial charge in [-0.2, -0.15) is 13.2 Å². The zero-order valence-corrected chi connectivity index (χ0v) is 11.6. The largest absolute Gasteiger partial charge is 0.446 e. The lowest BCUT2D eigenvalue weighted by Gasteiger charge is -2.34. The molecule has 112 valence electrons. The summed E-state index contributed by atoms with van der Waals surface area (Å²) in [4.78, 5) is 1.98. The van der Waals surface area contributed by atoms with Crippen molar-refractivity contribution in [2.45, 2.75) is 16.4 Å². The second-order valence-electron chi connectivity index (χ2n) is 4.54. The van der Waals surface area contributed by atoms with Gasteiger partial charge in [0.05, 0.1) is 6.04 Å². The van der Waals surface area contributed by atoms with Crippen LogP contribution in [0.15, 0.2) is 29.2 Å². The number of rotatable bonds is 4. The number of hydrogen-bond donors (Lipinski definition) is 1. The van der Waals surface area contributed by atoms with Crippen molar-refractivity contribution in [2.75, 3.05) is 32.9 Å². The number of benzene rings is 1. The first kappa shape index (κ1) is 15.6. The Bertz CT molecular complexity index is 433. The zero-order chi connectivity index (χ0) is 14.6. The molecule has 0 saturated carbocycles. The smallest absolute Gasteiger partial charge is 0.314 e. The molecule has 1 heterocycles. The van der Waals surface area contributed by atoms with Gasteiger partial charge in [-0.1, -0.05) is 18.2 Å². The average Bonchev–Trinajstić information content (AvgIpc) is 2.41. The average molecular weight is 308 g/mol. The van der Waals surface area contributed by atoms with Gasteiger partial charge in [-0.3, -0.25) is 4.90 Å². The predicted molar refractivity (Wildman–Crippen MR) is 71.5 cm³/mol. The molecular formula is C13H16F4N2S. The highest BCUT2D eigenvalue weighted by atomic mass is 32.2. The third-order valence-corrected chi connectivity index (χ3v) is 4.07. The first-order chi connectivity index (χ1) is 9.51. The summed E-state index contributed by atoms with van der Waals surface area (Å²) in [5.74, 6) is 0. The van der Waals surface area contributed by atoms with Crippen molar-refractivity contribution in [1.82, 2.24) is 10.2 Å². The van der Waals surface area contributed by atoms with Crippen molar-refractivity contribution in [3.63, 3.8) is 0 Å². The van der Waals surface area contributed by atoms with E-state index in [4.69, 9.17) is 0 Å².